The minimum Gasteiger partial charge on any atom is -0.419 e. The van der Waals surface area contributed by atoms with Gasteiger partial charge in [0.2, 0.25) is 5.91 Å². The van der Waals surface area contributed by atoms with Crippen LogP contribution in [0.3, 0.4) is 0 Å². The summed E-state index contributed by atoms with van der Waals surface area (Å²) in [6.07, 6.45) is 1.33. The predicted octanol–water partition coefficient (Wildman–Crippen LogP) is 5.52. The lowest BCUT2D eigenvalue weighted by Gasteiger charge is -2.17. The molecule has 0 radical (unpaired) electrons. The summed E-state index contributed by atoms with van der Waals surface area (Å²) >= 11 is 0. The van der Waals surface area contributed by atoms with Crippen LogP contribution in [0.4, 0.5) is 0 Å². The van der Waals surface area contributed by atoms with Crippen LogP contribution in [-0.2, 0) is 9.59 Å². The molecule has 0 saturated heterocycles. The minimum absolute atomic E-state index is 0.0199. The number of esters is 2. The van der Waals surface area contributed by atoms with Gasteiger partial charge in [-0.05, 0) is 59.2 Å². The monoisotopic (exact) mass is 611 g/mol. The van der Waals surface area contributed by atoms with Gasteiger partial charge in [-0.25, -0.2) is 15.0 Å². The standard InChI is InChI=1S/C37H29N3O6/c41-33(25-38-35(42)34(27-13-5-1-6-14-27)28-15-7-2-8-16-28)40-39-24-26-21-22-31(45-36(43)29-17-9-3-10-18-29)32(23-26)46-37(44)30-19-11-4-12-20-30/h1-24,34H,25H2,(H,38,42)(H,40,41)/b39-24+. The van der Waals surface area contributed by atoms with Gasteiger partial charge >= 0.3 is 11.9 Å². The number of amides is 2. The van der Waals surface area contributed by atoms with Crippen LogP contribution in [0.5, 0.6) is 11.5 Å². The Labute approximate surface area is 265 Å². The summed E-state index contributed by atoms with van der Waals surface area (Å²) in [5.74, 6) is -2.75. The molecule has 9 heteroatoms. The third kappa shape index (κ3) is 8.39. The molecule has 0 saturated carbocycles. The Hall–Kier alpha value is -6.35. The van der Waals surface area contributed by atoms with Crippen molar-refractivity contribution in [1.29, 1.82) is 0 Å². The molecule has 0 bridgehead atoms. The third-order valence-electron chi connectivity index (χ3n) is 6.75. The molecule has 9 nitrogen and oxygen atoms in total. The lowest BCUT2D eigenvalue weighted by molar-refractivity contribution is -0.126. The molecule has 5 rings (SSSR count). The molecule has 46 heavy (non-hydrogen) atoms. The molecule has 0 spiro atoms. The Bertz CT molecular complexity index is 1790. The lowest BCUT2D eigenvalue weighted by atomic mass is 9.90. The molecule has 0 aliphatic carbocycles. The highest BCUT2D eigenvalue weighted by atomic mass is 16.6. The van der Waals surface area contributed by atoms with Crippen LogP contribution in [0.25, 0.3) is 0 Å². The van der Waals surface area contributed by atoms with Crippen LogP contribution in [-0.4, -0.2) is 36.5 Å². The fraction of sp³-hybridized carbons (Fsp3) is 0.0541. The molecule has 228 valence electrons. The Balaban J connectivity index is 1.25. The molecule has 0 fully saturated rings. The van der Waals surface area contributed by atoms with E-state index in [1.807, 2.05) is 60.7 Å². The van der Waals surface area contributed by atoms with Crippen molar-refractivity contribution in [2.75, 3.05) is 6.54 Å². The maximum absolute atomic E-state index is 13.2. The second-order valence-corrected chi connectivity index (χ2v) is 9.98. The number of rotatable bonds is 11. The molecule has 5 aromatic rings. The average molecular weight is 612 g/mol. The highest BCUT2D eigenvalue weighted by Gasteiger charge is 2.23. The number of hydrogen-bond acceptors (Lipinski definition) is 7. The second kappa shape index (κ2) is 15.4. The summed E-state index contributed by atoms with van der Waals surface area (Å²) in [7, 11) is 0. The van der Waals surface area contributed by atoms with Gasteiger partial charge in [0.05, 0.1) is 29.8 Å². The smallest absolute Gasteiger partial charge is 0.343 e. The molecule has 0 unspecified atom stereocenters. The van der Waals surface area contributed by atoms with E-state index in [0.717, 1.165) is 11.1 Å². The molecule has 0 aromatic heterocycles. The van der Waals surface area contributed by atoms with E-state index in [2.05, 4.69) is 15.8 Å². The van der Waals surface area contributed by atoms with Crippen LogP contribution >= 0.6 is 0 Å². The van der Waals surface area contributed by atoms with Gasteiger partial charge in [0, 0.05) is 0 Å². The van der Waals surface area contributed by atoms with E-state index >= 15 is 0 Å². The summed E-state index contributed by atoms with van der Waals surface area (Å²) in [4.78, 5) is 51.2. The Morgan fingerprint density at radius 2 is 1.09 bits per heavy atom. The van der Waals surface area contributed by atoms with Crippen LogP contribution in [0.2, 0.25) is 0 Å². The molecular formula is C37H29N3O6. The van der Waals surface area contributed by atoms with Crippen molar-refractivity contribution in [2.24, 2.45) is 5.10 Å². The molecule has 2 amide bonds. The first-order valence-electron chi connectivity index (χ1n) is 14.4. The van der Waals surface area contributed by atoms with Gasteiger partial charge in [-0.3, -0.25) is 9.59 Å². The largest absolute Gasteiger partial charge is 0.419 e. The van der Waals surface area contributed by atoms with Gasteiger partial charge in [0.15, 0.2) is 11.5 Å². The zero-order chi connectivity index (χ0) is 32.1. The van der Waals surface area contributed by atoms with Crippen LogP contribution in [0, 0.1) is 0 Å². The maximum Gasteiger partial charge on any atom is 0.343 e. The lowest BCUT2D eigenvalue weighted by Crippen LogP contribution is -2.37. The highest BCUT2D eigenvalue weighted by molar-refractivity contribution is 5.94. The number of carbonyl (C=O) groups excluding carboxylic acids is 4. The van der Waals surface area contributed by atoms with E-state index in [1.165, 1.54) is 18.3 Å². The predicted molar refractivity (Wildman–Crippen MR) is 173 cm³/mol. The molecule has 2 N–H and O–H groups in total. The quantitative estimate of drug-likeness (QED) is 0.0877. The molecule has 0 aliphatic rings. The van der Waals surface area contributed by atoms with E-state index in [-0.39, 0.29) is 24.0 Å². The Morgan fingerprint density at radius 1 is 0.609 bits per heavy atom. The van der Waals surface area contributed by atoms with Crippen molar-refractivity contribution < 1.29 is 28.7 Å². The van der Waals surface area contributed by atoms with Crippen LogP contribution < -0.4 is 20.2 Å². The fourth-order valence-electron chi connectivity index (χ4n) is 4.51. The van der Waals surface area contributed by atoms with Crippen molar-refractivity contribution in [1.82, 2.24) is 10.7 Å². The summed E-state index contributed by atoms with van der Waals surface area (Å²) in [6.45, 7) is -0.305. The summed E-state index contributed by atoms with van der Waals surface area (Å²) < 4.78 is 11.1. The van der Waals surface area contributed by atoms with Gasteiger partial charge in [-0.1, -0.05) is 97.1 Å². The topological polar surface area (TPSA) is 123 Å². The van der Waals surface area contributed by atoms with Crippen molar-refractivity contribution in [3.05, 3.63) is 167 Å². The second-order valence-electron chi connectivity index (χ2n) is 9.98. The van der Waals surface area contributed by atoms with Gasteiger partial charge < -0.3 is 14.8 Å². The first-order valence-corrected chi connectivity index (χ1v) is 14.4. The first-order chi connectivity index (χ1) is 22.5. The average Bonchev–Trinajstić information content (AvgIpc) is 3.10. The zero-order valence-corrected chi connectivity index (χ0v) is 24.5. The first kappa shape index (κ1) is 31.1. The number of carbonyl (C=O) groups is 4. The molecule has 5 aromatic carbocycles. The fourth-order valence-corrected chi connectivity index (χ4v) is 4.51. The number of benzene rings is 5. The van der Waals surface area contributed by atoms with Crippen LogP contribution in [0.15, 0.2) is 145 Å². The SMILES string of the molecule is O=C(CNC(=O)C(c1ccccc1)c1ccccc1)N/N=C/c1ccc(OC(=O)c2ccccc2)c(OC(=O)c2ccccc2)c1. The van der Waals surface area contributed by atoms with E-state index in [9.17, 15) is 19.2 Å². The summed E-state index contributed by atoms with van der Waals surface area (Å²) in [5, 5.41) is 6.66. The number of nitrogens with one attached hydrogen (secondary N) is 2. The molecular weight excluding hydrogens is 582 g/mol. The number of ether oxygens (including phenoxy) is 2. The Morgan fingerprint density at radius 3 is 1.61 bits per heavy atom. The number of nitrogens with zero attached hydrogens (tertiary/aromatic N) is 1. The molecule has 0 aliphatic heterocycles. The highest BCUT2D eigenvalue weighted by Crippen LogP contribution is 2.30. The zero-order valence-electron chi connectivity index (χ0n) is 24.5. The number of hydrogen-bond donors (Lipinski definition) is 2. The normalized spacial score (nSPS) is 10.7. The van der Waals surface area contributed by atoms with Gasteiger partial charge in [-0.2, -0.15) is 5.10 Å². The van der Waals surface area contributed by atoms with E-state index in [0.29, 0.717) is 16.7 Å². The van der Waals surface area contributed by atoms with Crippen molar-refractivity contribution in [3.8, 4) is 11.5 Å². The Kier molecular flexibility index (Phi) is 10.4. The molecule has 0 atom stereocenters. The van der Waals surface area contributed by atoms with Crippen molar-refractivity contribution in [2.45, 2.75) is 5.92 Å². The number of hydrazone groups is 1. The van der Waals surface area contributed by atoms with Gasteiger partial charge in [0.25, 0.3) is 5.91 Å². The minimum atomic E-state index is -0.653. The van der Waals surface area contributed by atoms with E-state index in [4.69, 9.17) is 9.47 Å². The van der Waals surface area contributed by atoms with E-state index in [1.54, 1.807) is 66.7 Å². The maximum atomic E-state index is 13.2. The summed E-state index contributed by atoms with van der Waals surface area (Å²) in [5.41, 5.74) is 5.04. The van der Waals surface area contributed by atoms with Gasteiger partial charge in [-0.15, -0.1) is 0 Å². The summed E-state index contributed by atoms with van der Waals surface area (Å²) in [6, 6.07) is 39.9. The van der Waals surface area contributed by atoms with Crippen molar-refractivity contribution >= 4 is 30.0 Å². The van der Waals surface area contributed by atoms with Gasteiger partial charge in [0.1, 0.15) is 0 Å². The van der Waals surface area contributed by atoms with Crippen molar-refractivity contribution in [3.63, 3.8) is 0 Å². The molecule has 0 heterocycles. The van der Waals surface area contributed by atoms with E-state index < -0.39 is 23.8 Å². The third-order valence-corrected chi connectivity index (χ3v) is 6.75. The van der Waals surface area contributed by atoms with Crippen LogP contribution in [0.1, 0.15) is 43.3 Å².